The lowest BCUT2D eigenvalue weighted by Crippen LogP contribution is -2.70. The maximum absolute atomic E-state index is 13.1. The Morgan fingerprint density at radius 3 is 2.33 bits per heavy atom. The van der Waals surface area contributed by atoms with Crippen LogP contribution in [0.5, 0.6) is 0 Å². The molecule has 2 N–H and O–H groups in total. The number of non-ortho nitro benzene ring substituents is 1. The first kappa shape index (κ1) is 29.9. The summed E-state index contributed by atoms with van der Waals surface area (Å²) >= 11 is 0.953. The van der Waals surface area contributed by atoms with Gasteiger partial charge in [0.05, 0.1) is 34.6 Å². The third-order valence-corrected chi connectivity index (χ3v) is 7.89. The molecule has 15 heteroatoms. The van der Waals surface area contributed by atoms with Gasteiger partial charge in [-0.1, -0.05) is 18.7 Å². The van der Waals surface area contributed by atoms with E-state index >= 15 is 0 Å². The van der Waals surface area contributed by atoms with Crippen molar-refractivity contribution in [2.45, 2.75) is 43.7 Å². The summed E-state index contributed by atoms with van der Waals surface area (Å²) in [5.74, 6) is -7.59. The van der Waals surface area contributed by atoms with Crippen LogP contribution in [0.15, 0.2) is 24.3 Å². The van der Waals surface area contributed by atoms with Crippen LogP contribution in [0.3, 0.4) is 0 Å². The van der Waals surface area contributed by atoms with Crippen LogP contribution < -0.4 is 5.32 Å². The number of carbonyl (C=O) groups is 6. The molecular formula is C24H28N4O10S. The third kappa shape index (κ3) is 6.32. The highest BCUT2D eigenvalue weighted by atomic mass is 32.2. The lowest BCUT2D eigenvalue weighted by molar-refractivity contribution is -0.384. The number of likely N-dealkylation sites (N-methyl/N-ethyl adjacent to an activating group) is 1. The molecule has 3 amide bonds. The van der Waals surface area contributed by atoms with Crippen molar-refractivity contribution in [3.8, 4) is 0 Å². The molecule has 0 aromatic heterocycles. The smallest absolute Gasteiger partial charge is 0.393 e. The predicted octanol–water partition coefficient (Wildman–Crippen LogP) is -0.273. The first-order valence-electron chi connectivity index (χ1n) is 12.0. The highest BCUT2D eigenvalue weighted by Gasteiger charge is 2.58. The molecule has 0 unspecified atom stereocenters. The molecule has 2 fully saturated rings. The molecule has 1 aromatic rings. The average molecular weight is 565 g/mol. The zero-order valence-corrected chi connectivity index (χ0v) is 22.4. The van der Waals surface area contributed by atoms with Gasteiger partial charge in [-0.2, -0.15) is 0 Å². The van der Waals surface area contributed by atoms with Crippen LogP contribution in [-0.2, 0) is 28.7 Å². The Morgan fingerprint density at radius 2 is 1.79 bits per heavy atom. The van der Waals surface area contributed by atoms with E-state index in [-0.39, 0.29) is 22.4 Å². The van der Waals surface area contributed by atoms with Gasteiger partial charge in [-0.3, -0.25) is 34.2 Å². The molecule has 39 heavy (non-hydrogen) atoms. The van der Waals surface area contributed by atoms with Crippen molar-refractivity contribution in [3.05, 3.63) is 39.9 Å². The standard InChI is InChI=1S/C24H28N4O10S/c1-11(24(35)39-15-9-16(25-10-15)19(30)26(3)4)18-17(12(2)29)20(31)27(18)21(32)23(34)38-22(33)13-5-7-14(8-6-13)28(36)37/h5-8,11-12,15-18,25,29H,9-10H2,1-4H3/t11-,12-,15+,16+,17+,18+/m0/s1. The zero-order chi connectivity index (χ0) is 29.2. The maximum Gasteiger partial charge on any atom is 0.405 e. The van der Waals surface area contributed by atoms with Crippen LogP contribution in [0.4, 0.5) is 5.69 Å². The van der Waals surface area contributed by atoms with Crippen LogP contribution in [-0.4, -0.2) is 98.7 Å². The number of ether oxygens (including phenoxy) is 1. The number of esters is 2. The number of aliphatic hydroxyl groups is 1. The van der Waals surface area contributed by atoms with Gasteiger partial charge in [0.25, 0.3) is 5.69 Å². The fourth-order valence-corrected chi connectivity index (χ4v) is 5.65. The van der Waals surface area contributed by atoms with Crippen LogP contribution in [0, 0.1) is 22.0 Å². The molecule has 0 saturated carbocycles. The van der Waals surface area contributed by atoms with Crippen molar-refractivity contribution >= 4 is 52.2 Å². The molecule has 0 aliphatic carbocycles. The molecule has 2 heterocycles. The largest absolute Gasteiger partial charge is 0.405 e. The van der Waals surface area contributed by atoms with Gasteiger partial charge >= 0.3 is 17.8 Å². The van der Waals surface area contributed by atoms with E-state index in [1.54, 1.807) is 14.1 Å². The summed E-state index contributed by atoms with van der Waals surface area (Å²) in [5.41, 5.74) is -0.553. The van der Waals surface area contributed by atoms with Crippen molar-refractivity contribution in [2.24, 2.45) is 11.8 Å². The van der Waals surface area contributed by atoms with Crippen LogP contribution in [0.1, 0.15) is 30.6 Å². The summed E-state index contributed by atoms with van der Waals surface area (Å²) in [4.78, 5) is 87.5. The van der Waals surface area contributed by atoms with Gasteiger partial charge in [-0.05, 0) is 25.5 Å². The maximum atomic E-state index is 13.1. The molecule has 1 aromatic carbocycles. The topological polar surface area (TPSA) is 194 Å². The number of nitrogens with zero attached hydrogens (tertiary/aromatic N) is 3. The van der Waals surface area contributed by atoms with E-state index in [2.05, 4.69) is 10.1 Å². The van der Waals surface area contributed by atoms with Gasteiger partial charge in [0.15, 0.2) is 5.12 Å². The van der Waals surface area contributed by atoms with E-state index < -0.39 is 63.8 Å². The number of aliphatic hydroxyl groups excluding tert-OH is 1. The molecule has 0 radical (unpaired) electrons. The van der Waals surface area contributed by atoms with E-state index in [0.717, 1.165) is 36.0 Å². The minimum absolute atomic E-state index is 0.129. The van der Waals surface area contributed by atoms with Crippen molar-refractivity contribution in [1.82, 2.24) is 15.1 Å². The van der Waals surface area contributed by atoms with E-state index in [4.69, 9.17) is 0 Å². The summed E-state index contributed by atoms with van der Waals surface area (Å²) in [6.45, 7) is 3.16. The van der Waals surface area contributed by atoms with Crippen LogP contribution in [0.2, 0.25) is 0 Å². The molecule has 0 spiro atoms. The fourth-order valence-electron chi connectivity index (χ4n) is 4.50. The van der Waals surface area contributed by atoms with Gasteiger partial charge in [0.1, 0.15) is 0 Å². The van der Waals surface area contributed by atoms with Gasteiger partial charge in [0, 0.05) is 43.9 Å². The highest BCUT2D eigenvalue weighted by molar-refractivity contribution is 8.14. The first-order valence-corrected chi connectivity index (χ1v) is 12.8. The number of nitro groups is 1. The van der Waals surface area contributed by atoms with Crippen LogP contribution >= 0.6 is 11.8 Å². The monoisotopic (exact) mass is 564 g/mol. The number of imide groups is 1. The average Bonchev–Trinajstić information content (AvgIpc) is 3.33. The Kier molecular flexibility index (Phi) is 9.19. The van der Waals surface area contributed by atoms with E-state index in [9.17, 15) is 44.0 Å². The molecule has 14 nitrogen and oxygen atoms in total. The predicted molar refractivity (Wildman–Crippen MR) is 135 cm³/mol. The highest BCUT2D eigenvalue weighted by Crippen LogP contribution is 2.38. The zero-order valence-electron chi connectivity index (χ0n) is 21.6. The second kappa shape index (κ2) is 12.0. The molecule has 2 aliphatic rings. The number of benzene rings is 1. The van der Waals surface area contributed by atoms with Gasteiger partial charge in [0.2, 0.25) is 11.8 Å². The second-order valence-electron chi connectivity index (χ2n) is 9.53. The summed E-state index contributed by atoms with van der Waals surface area (Å²) in [5, 5.41) is 23.3. The first-order chi connectivity index (χ1) is 18.2. The number of amides is 3. The Labute approximate surface area is 227 Å². The SMILES string of the molecule is C[C@H](O)[C@H]1C(=O)N(C(=O)C(=O)OC(=O)c2ccc([N+](=O)[O-])cc2)[C@@H]1[C@H](C)C(=O)S[C@H]1CN[C@@H](C(=O)N(C)C)C1. The summed E-state index contributed by atoms with van der Waals surface area (Å²) in [7, 11) is 3.25. The minimum Gasteiger partial charge on any atom is -0.393 e. The van der Waals surface area contributed by atoms with Gasteiger partial charge in [-0.25, -0.2) is 9.59 Å². The minimum atomic E-state index is -1.68. The number of hydrogen-bond acceptors (Lipinski definition) is 12. The summed E-state index contributed by atoms with van der Waals surface area (Å²) in [6.07, 6.45) is -0.844. The van der Waals surface area contributed by atoms with Gasteiger partial charge < -0.3 is 20.1 Å². The lowest BCUT2D eigenvalue weighted by Gasteiger charge is -2.48. The van der Waals surface area contributed by atoms with E-state index in [0.29, 0.717) is 17.9 Å². The number of rotatable bonds is 7. The Bertz CT molecular complexity index is 1200. The molecule has 210 valence electrons. The molecule has 2 aliphatic heterocycles. The number of β-lactam (4-membered cyclic amide) rings is 1. The van der Waals surface area contributed by atoms with Gasteiger partial charge in [-0.15, -0.1) is 0 Å². The van der Waals surface area contributed by atoms with E-state index in [1.165, 1.54) is 18.7 Å². The number of thioether (sulfide) groups is 1. The van der Waals surface area contributed by atoms with Crippen molar-refractivity contribution in [1.29, 1.82) is 0 Å². The number of nitro benzene ring substituents is 1. The molecule has 2 saturated heterocycles. The Balaban J connectivity index is 1.68. The second-order valence-corrected chi connectivity index (χ2v) is 10.8. The molecule has 0 bridgehead atoms. The van der Waals surface area contributed by atoms with Crippen LogP contribution in [0.25, 0.3) is 0 Å². The summed E-state index contributed by atoms with van der Waals surface area (Å²) < 4.78 is 4.56. The number of carbonyl (C=O) groups excluding carboxylic acids is 6. The summed E-state index contributed by atoms with van der Waals surface area (Å²) in [6, 6.07) is 2.47. The normalized spacial score (nSPS) is 23.8. The third-order valence-electron chi connectivity index (χ3n) is 6.60. The Hall–Kier alpha value is -3.69. The number of nitrogens with one attached hydrogen (secondary N) is 1. The molecule has 3 rings (SSSR count). The molecular weight excluding hydrogens is 536 g/mol. The van der Waals surface area contributed by atoms with E-state index in [1.807, 2.05) is 0 Å². The lowest BCUT2D eigenvalue weighted by atomic mass is 9.77. The molecule has 6 atom stereocenters. The van der Waals surface area contributed by atoms with Crippen molar-refractivity contribution in [3.63, 3.8) is 0 Å². The number of likely N-dealkylation sites (tertiary alicyclic amines) is 1. The quantitative estimate of drug-likeness (QED) is 0.110. The Morgan fingerprint density at radius 1 is 1.18 bits per heavy atom. The fraction of sp³-hybridized carbons (Fsp3) is 0.500. The van der Waals surface area contributed by atoms with Crippen molar-refractivity contribution in [2.75, 3.05) is 20.6 Å². The van der Waals surface area contributed by atoms with Crippen molar-refractivity contribution < 1.29 is 43.5 Å². The number of hydrogen-bond donors (Lipinski definition) is 2.